The van der Waals surface area contributed by atoms with Crippen molar-refractivity contribution in [3.63, 3.8) is 0 Å². The number of ether oxygens (including phenoxy) is 1. The summed E-state index contributed by atoms with van der Waals surface area (Å²) in [6, 6.07) is 12.6. The van der Waals surface area contributed by atoms with Gasteiger partial charge in [-0.05, 0) is 48.0 Å². The van der Waals surface area contributed by atoms with Crippen molar-refractivity contribution in [1.29, 1.82) is 0 Å². The van der Waals surface area contributed by atoms with Crippen LogP contribution >= 0.6 is 0 Å². The van der Waals surface area contributed by atoms with Gasteiger partial charge in [0, 0.05) is 25.9 Å². The van der Waals surface area contributed by atoms with Crippen LogP contribution in [0, 0.1) is 5.82 Å². The van der Waals surface area contributed by atoms with Gasteiger partial charge in [-0.25, -0.2) is 21.6 Å². The number of hydrogen-bond donors (Lipinski definition) is 2. The van der Waals surface area contributed by atoms with E-state index in [2.05, 4.69) is 5.32 Å². The van der Waals surface area contributed by atoms with E-state index in [0.29, 0.717) is 11.3 Å². The van der Waals surface area contributed by atoms with Crippen LogP contribution in [0.25, 0.3) is 11.3 Å². The molecule has 1 aromatic heterocycles. The third-order valence-electron chi connectivity index (χ3n) is 4.77. The summed E-state index contributed by atoms with van der Waals surface area (Å²) in [5.74, 6) is -0.668. The molecule has 0 unspecified atom stereocenters. The topological polar surface area (TPSA) is 118 Å². The predicted molar refractivity (Wildman–Crippen MR) is 118 cm³/mol. The van der Waals surface area contributed by atoms with E-state index in [-0.39, 0.29) is 35.2 Å². The van der Waals surface area contributed by atoms with Crippen LogP contribution in [0.4, 0.5) is 9.18 Å². The highest BCUT2D eigenvalue weighted by atomic mass is 32.2. The molecule has 2 amide bonds. The predicted octanol–water partition coefficient (Wildman–Crippen LogP) is 2.77. The van der Waals surface area contributed by atoms with Crippen LogP contribution in [0.15, 0.2) is 65.7 Å². The van der Waals surface area contributed by atoms with E-state index in [1.165, 1.54) is 68.8 Å². The average molecular weight is 475 g/mol. The van der Waals surface area contributed by atoms with Gasteiger partial charge in [0.2, 0.25) is 0 Å². The van der Waals surface area contributed by atoms with Crippen molar-refractivity contribution in [2.45, 2.75) is 11.4 Å². The van der Waals surface area contributed by atoms with Crippen molar-refractivity contribution in [2.24, 2.45) is 0 Å². The molecule has 174 valence electrons. The first-order valence-corrected chi connectivity index (χ1v) is 11.2. The minimum atomic E-state index is -4.17. The van der Waals surface area contributed by atoms with E-state index in [0.717, 1.165) is 8.87 Å². The molecule has 1 heterocycles. The summed E-state index contributed by atoms with van der Waals surface area (Å²) in [7, 11) is -1.37. The van der Waals surface area contributed by atoms with E-state index in [4.69, 9.17) is 9.84 Å². The summed E-state index contributed by atoms with van der Waals surface area (Å²) in [6.45, 7) is -0.316. The second-order valence-corrected chi connectivity index (χ2v) is 8.90. The molecule has 33 heavy (non-hydrogen) atoms. The lowest BCUT2D eigenvalue weighted by atomic mass is 10.1. The van der Waals surface area contributed by atoms with Crippen molar-refractivity contribution in [1.82, 2.24) is 14.2 Å². The van der Waals surface area contributed by atoms with Crippen molar-refractivity contribution in [3.05, 3.63) is 72.2 Å². The second kappa shape index (κ2) is 9.74. The summed E-state index contributed by atoms with van der Waals surface area (Å²) in [5.41, 5.74) is 0.477. The molecule has 0 aliphatic rings. The van der Waals surface area contributed by atoms with E-state index >= 15 is 0 Å². The molecule has 9 nitrogen and oxygen atoms in total. The lowest BCUT2D eigenvalue weighted by molar-refractivity contribution is -0.122. The Kier molecular flexibility index (Phi) is 7.02. The number of likely N-dealkylation sites (N-methyl/N-ethyl adjacent to an activating group) is 1. The number of rotatable bonds is 8. The molecule has 2 N–H and O–H groups in total. The first-order valence-electron chi connectivity index (χ1n) is 9.72. The number of benzene rings is 2. The molecule has 0 aliphatic carbocycles. The Morgan fingerprint density at radius 2 is 1.82 bits per heavy atom. The highest BCUT2D eigenvalue weighted by molar-refractivity contribution is 7.90. The Bertz CT molecular complexity index is 1270. The maximum Gasteiger partial charge on any atom is 0.407 e. The van der Waals surface area contributed by atoms with Crippen molar-refractivity contribution >= 4 is 22.0 Å². The number of nitrogens with zero attached hydrogens (tertiary/aromatic N) is 2. The Morgan fingerprint density at radius 1 is 1.15 bits per heavy atom. The fraction of sp³-hybridized carbons (Fsp3) is 0.182. The van der Waals surface area contributed by atoms with Crippen molar-refractivity contribution in [2.75, 3.05) is 20.7 Å². The minimum Gasteiger partial charge on any atom is -0.484 e. The molecule has 11 heteroatoms. The largest absolute Gasteiger partial charge is 0.484 e. The van der Waals surface area contributed by atoms with Crippen LogP contribution in [-0.2, 0) is 21.4 Å². The Morgan fingerprint density at radius 3 is 2.42 bits per heavy atom. The normalized spacial score (nSPS) is 11.1. The second-order valence-electron chi connectivity index (χ2n) is 7.09. The SMILES string of the molecule is CNC(=O)COc1ccc(S(=O)(=O)n2cc(CN(C)C(=O)O)cc2-c2ccccc2F)cc1. The highest BCUT2D eigenvalue weighted by Gasteiger charge is 2.24. The van der Waals surface area contributed by atoms with E-state index in [1.807, 2.05) is 0 Å². The molecule has 0 bridgehead atoms. The van der Waals surface area contributed by atoms with Crippen LogP contribution in [0.2, 0.25) is 0 Å². The zero-order valence-electron chi connectivity index (χ0n) is 17.9. The standard InChI is InChI=1S/C22H22FN3O6S/c1-24-21(27)14-32-16-7-9-17(10-8-16)33(30,31)26-13-15(12-25(2)22(28)29)11-20(26)18-5-3-4-6-19(18)23/h3-11,13H,12,14H2,1-2H3,(H,24,27)(H,28,29). The highest BCUT2D eigenvalue weighted by Crippen LogP contribution is 2.30. The lowest BCUT2D eigenvalue weighted by Crippen LogP contribution is -2.24. The zero-order valence-corrected chi connectivity index (χ0v) is 18.7. The summed E-state index contributed by atoms with van der Waals surface area (Å²) >= 11 is 0. The molecule has 0 spiro atoms. The fourth-order valence-electron chi connectivity index (χ4n) is 3.03. The Hall–Kier alpha value is -3.86. The van der Waals surface area contributed by atoms with E-state index in [1.54, 1.807) is 6.07 Å². The quantitative estimate of drug-likeness (QED) is 0.517. The molecule has 0 radical (unpaired) electrons. The molecule has 0 fully saturated rings. The summed E-state index contributed by atoms with van der Waals surface area (Å²) in [5, 5.41) is 11.5. The van der Waals surface area contributed by atoms with Crippen LogP contribution in [0.5, 0.6) is 5.75 Å². The first-order chi connectivity index (χ1) is 15.6. The monoisotopic (exact) mass is 475 g/mol. The zero-order chi connectivity index (χ0) is 24.2. The summed E-state index contributed by atoms with van der Waals surface area (Å²) in [4.78, 5) is 23.4. The number of carbonyl (C=O) groups excluding carboxylic acids is 1. The molecule has 0 aliphatic heterocycles. The minimum absolute atomic E-state index is 0.0517. The molecule has 0 saturated heterocycles. The van der Waals surface area contributed by atoms with Gasteiger partial charge in [-0.1, -0.05) is 12.1 Å². The molecule has 2 aromatic carbocycles. The van der Waals surface area contributed by atoms with Gasteiger partial charge in [0.25, 0.3) is 15.9 Å². The first kappa shape index (κ1) is 23.8. The number of amides is 2. The number of halogens is 1. The molecule has 3 rings (SSSR count). The maximum atomic E-state index is 14.5. The van der Waals surface area contributed by atoms with Gasteiger partial charge in [-0.2, -0.15) is 0 Å². The summed E-state index contributed by atoms with van der Waals surface area (Å²) < 4.78 is 47.5. The number of carboxylic acid groups (broad SMARTS) is 1. The van der Waals surface area contributed by atoms with Gasteiger partial charge >= 0.3 is 6.09 Å². The molecular formula is C22H22FN3O6S. The van der Waals surface area contributed by atoms with Gasteiger partial charge in [0.05, 0.1) is 17.1 Å². The van der Waals surface area contributed by atoms with Gasteiger partial charge in [-0.3, -0.25) is 4.79 Å². The molecule has 0 saturated carbocycles. The average Bonchev–Trinajstić information content (AvgIpc) is 3.22. The van der Waals surface area contributed by atoms with Crippen molar-refractivity contribution in [3.8, 4) is 17.0 Å². The van der Waals surface area contributed by atoms with Gasteiger partial charge in [-0.15, -0.1) is 0 Å². The third kappa shape index (κ3) is 5.32. The van der Waals surface area contributed by atoms with E-state index < -0.39 is 21.9 Å². The molecule has 3 aromatic rings. The number of carbonyl (C=O) groups is 2. The maximum absolute atomic E-state index is 14.5. The van der Waals surface area contributed by atoms with Gasteiger partial charge in [0.1, 0.15) is 11.6 Å². The van der Waals surface area contributed by atoms with Gasteiger partial charge in [0.15, 0.2) is 6.61 Å². The van der Waals surface area contributed by atoms with Crippen LogP contribution in [0.1, 0.15) is 5.56 Å². The lowest BCUT2D eigenvalue weighted by Gasteiger charge is -2.12. The third-order valence-corrected chi connectivity index (χ3v) is 6.46. The van der Waals surface area contributed by atoms with Gasteiger partial charge < -0.3 is 20.1 Å². The number of aromatic nitrogens is 1. The van der Waals surface area contributed by atoms with E-state index in [9.17, 15) is 22.4 Å². The number of nitrogens with one attached hydrogen (secondary N) is 1. The molecular weight excluding hydrogens is 453 g/mol. The Labute approximate surface area is 190 Å². The Balaban J connectivity index is 2.02. The van der Waals surface area contributed by atoms with Crippen molar-refractivity contribution < 1.29 is 32.2 Å². The smallest absolute Gasteiger partial charge is 0.407 e. The number of hydrogen-bond acceptors (Lipinski definition) is 5. The van der Waals surface area contributed by atoms with Crippen LogP contribution in [-0.4, -0.2) is 55.1 Å². The molecule has 0 atom stereocenters. The fourth-order valence-corrected chi connectivity index (χ4v) is 4.42. The van der Waals surface area contributed by atoms with Crippen LogP contribution in [0.3, 0.4) is 0 Å². The summed E-state index contributed by atoms with van der Waals surface area (Å²) in [6.07, 6.45) is 0.0809. The van der Waals surface area contributed by atoms with Crippen LogP contribution < -0.4 is 10.1 Å².